The summed E-state index contributed by atoms with van der Waals surface area (Å²) in [7, 11) is 3.99. The molecule has 2 saturated carbocycles. The van der Waals surface area contributed by atoms with E-state index in [4.69, 9.17) is 10.5 Å². The molecule has 0 aromatic heterocycles. The van der Waals surface area contributed by atoms with Gasteiger partial charge in [0.1, 0.15) is 0 Å². The molecular weight excluding hydrogens is 224 g/mol. The summed E-state index contributed by atoms with van der Waals surface area (Å²) >= 11 is 0. The van der Waals surface area contributed by atoms with Gasteiger partial charge in [-0.2, -0.15) is 0 Å². The van der Waals surface area contributed by atoms with Crippen molar-refractivity contribution in [1.82, 2.24) is 4.90 Å². The van der Waals surface area contributed by atoms with Gasteiger partial charge in [0.25, 0.3) is 0 Å². The van der Waals surface area contributed by atoms with Crippen LogP contribution in [0.15, 0.2) is 0 Å². The Morgan fingerprint density at radius 3 is 2.78 bits per heavy atom. The van der Waals surface area contributed by atoms with Crippen molar-refractivity contribution in [3.8, 4) is 0 Å². The normalized spacial score (nSPS) is 32.3. The topological polar surface area (TPSA) is 38.5 Å². The van der Waals surface area contributed by atoms with Gasteiger partial charge in [0, 0.05) is 32.8 Å². The first-order valence-corrected chi connectivity index (χ1v) is 7.62. The summed E-state index contributed by atoms with van der Waals surface area (Å²) in [6.07, 6.45) is 8.14. The summed E-state index contributed by atoms with van der Waals surface area (Å²) in [4.78, 5) is 2.46. The number of hydrogen-bond donors (Lipinski definition) is 1. The van der Waals surface area contributed by atoms with Gasteiger partial charge in [-0.15, -0.1) is 0 Å². The Morgan fingerprint density at radius 2 is 2.17 bits per heavy atom. The number of rotatable bonds is 8. The number of nitrogens with zero attached hydrogens (tertiary/aromatic N) is 1. The van der Waals surface area contributed by atoms with Gasteiger partial charge in [0.05, 0.1) is 0 Å². The zero-order valence-electron chi connectivity index (χ0n) is 12.1. The summed E-state index contributed by atoms with van der Waals surface area (Å²) in [6, 6.07) is 0.309. The Kier molecular flexibility index (Phi) is 5.46. The molecule has 2 N–H and O–H groups in total. The highest BCUT2D eigenvalue weighted by atomic mass is 16.5. The summed E-state index contributed by atoms with van der Waals surface area (Å²) in [5, 5.41) is 0. The standard InChI is InChI=1S/C15H30N2O/c1-17(11-15(16)4-3-7-18-2)10-14-9-12-5-6-13(14)8-12/h12-15H,3-11,16H2,1-2H3. The highest BCUT2D eigenvalue weighted by Gasteiger charge is 2.39. The molecule has 0 amide bonds. The fourth-order valence-electron chi connectivity index (χ4n) is 4.06. The first-order valence-electron chi connectivity index (χ1n) is 7.62. The van der Waals surface area contributed by atoms with Crippen molar-refractivity contribution in [2.24, 2.45) is 23.5 Å². The second-order valence-electron chi connectivity index (χ2n) is 6.55. The van der Waals surface area contributed by atoms with Crippen LogP contribution in [0.3, 0.4) is 0 Å². The summed E-state index contributed by atoms with van der Waals surface area (Å²) in [6.45, 7) is 3.14. The maximum atomic E-state index is 6.17. The molecule has 2 fully saturated rings. The van der Waals surface area contributed by atoms with Gasteiger partial charge in [-0.25, -0.2) is 0 Å². The smallest absolute Gasteiger partial charge is 0.0462 e. The zero-order chi connectivity index (χ0) is 13.0. The highest BCUT2D eigenvalue weighted by molar-refractivity contribution is 4.91. The molecular formula is C15H30N2O. The minimum absolute atomic E-state index is 0.309. The molecule has 4 unspecified atom stereocenters. The van der Waals surface area contributed by atoms with Crippen LogP contribution >= 0.6 is 0 Å². The number of methoxy groups -OCH3 is 1. The van der Waals surface area contributed by atoms with Crippen LogP contribution in [0, 0.1) is 17.8 Å². The lowest BCUT2D eigenvalue weighted by Gasteiger charge is -2.28. The van der Waals surface area contributed by atoms with E-state index < -0.39 is 0 Å². The monoisotopic (exact) mass is 254 g/mol. The number of likely N-dealkylation sites (N-methyl/N-ethyl adjacent to an activating group) is 1. The molecule has 3 nitrogen and oxygen atoms in total. The number of ether oxygens (including phenoxy) is 1. The van der Waals surface area contributed by atoms with Crippen molar-refractivity contribution >= 4 is 0 Å². The van der Waals surface area contributed by atoms with Crippen LogP contribution in [0.5, 0.6) is 0 Å². The molecule has 0 aromatic carbocycles. The minimum Gasteiger partial charge on any atom is -0.385 e. The van der Waals surface area contributed by atoms with Crippen LogP contribution in [-0.2, 0) is 4.74 Å². The van der Waals surface area contributed by atoms with E-state index in [1.165, 1.54) is 32.2 Å². The van der Waals surface area contributed by atoms with Crippen LogP contribution in [0.4, 0.5) is 0 Å². The van der Waals surface area contributed by atoms with Crippen molar-refractivity contribution in [3.63, 3.8) is 0 Å². The summed E-state index contributed by atoms with van der Waals surface area (Å²) in [5.41, 5.74) is 6.17. The molecule has 106 valence electrons. The Morgan fingerprint density at radius 1 is 1.33 bits per heavy atom. The number of hydrogen-bond acceptors (Lipinski definition) is 3. The fourth-order valence-corrected chi connectivity index (χ4v) is 4.06. The van der Waals surface area contributed by atoms with Crippen molar-refractivity contribution in [1.29, 1.82) is 0 Å². The van der Waals surface area contributed by atoms with Crippen LogP contribution in [-0.4, -0.2) is 44.8 Å². The maximum absolute atomic E-state index is 6.17. The van der Waals surface area contributed by atoms with Crippen molar-refractivity contribution in [2.75, 3.05) is 33.9 Å². The molecule has 2 rings (SSSR count). The molecule has 2 bridgehead atoms. The van der Waals surface area contributed by atoms with Crippen molar-refractivity contribution in [3.05, 3.63) is 0 Å². The Balaban J connectivity index is 1.61. The average molecular weight is 254 g/mol. The molecule has 2 aliphatic rings. The van der Waals surface area contributed by atoms with Gasteiger partial charge < -0.3 is 15.4 Å². The van der Waals surface area contributed by atoms with Crippen molar-refractivity contribution < 1.29 is 4.74 Å². The van der Waals surface area contributed by atoms with E-state index in [2.05, 4.69) is 11.9 Å². The Hall–Kier alpha value is -0.120. The van der Waals surface area contributed by atoms with Crippen LogP contribution in [0.2, 0.25) is 0 Å². The van der Waals surface area contributed by atoms with E-state index in [9.17, 15) is 0 Å². The van der Waals surface area contributed by atoms with Crippen LogP contribution in [0.1, 0.15) is 38.5 Å². The summed E-state index contributed by atoms with van der Waals surface area (Å²) < 4.78 is 5.07. The average Bonchev–Trinajstić information content (AvgIpc) is 2.91. The minimum atomic E-state index is 0.309. The molecule has 0 heterocycles. The molecule has 0 radical (unpaired) electrons. The zero-order valence-corrected chi connectivity index (χ0v) is 12.1. The predicted octanol–water partition coefficient (Wildman–Crippen LogP) is 2.11. The molecule has 0 saturated heterocycles. The van der Waals surface area contributed by atoms with Gasteiger partial charge in [-0.1, -0.05) is 6.42 Å². The van der Waals surface area contributed by atoms with Crippen molar-refractivity contribution in [2.45, 2.75) is 44.6 Å². The van der Waals surface area contributed by atoms with Gasteiger partial charge in [-0.05, 0) is 56.9 Å². The SMILES string of the molecule is COCCCC(N)CN(C)CC1CC2CCC1C2. The quantitative estimate of drug-likeness (QED) is 0.674. The molecule has 0 aliphatic heterocycles. The molecule has 0 spiro atoms. The second-order valence-corrected chi connectivity index (χ2v) is 6.55. The van der Waals surface area contributed by atoms with Gasteiger partial charge >= 0.3 is 0 Å². The third kappa shape index (κ3) is 3.94. The van der Waals surface area contributed by atoms with Gasteiger partial charge in [0.2, 0.25) is 0 Å². The Bertz CT molecular complexity index is 247. The third-order valence-electron chi connectivity index (χ3n) is 4.90. The third-order valence-corrected chi connectivity index (χ3v) is 4.90. The molecule has 3 heteroatoms. The molecule has 18 heavy (non-hydrogen) atoms. The van der Waals surface area contributed by atoms with E-state index >= 15 is 0 Å². The maximum Gasteiger partial charge on any atom is 0.0462 e. The van der Waals surface area contributed by atoms with E-state index in [1.807, 2.05) is 0 Å². The van der Waals surface area contributed by atoms with E-state index in [-0.39, 0.29) is 0 Å². The molecule has 2 aliphatic carbocycles. The number of nitrogens with two attached hydrogens (primary N) is 1. The lowest BCUT2D eigenvalue weighted by Crippen LogP contribution is -2.38. The molecule has 0 aromatic rings. The summed E-state index contributed by atoms with van der Waals surface area (Å²) in [5.74, 6) is 3.05. The highest BCUT2D eigenvalue weighted by Crippen LogP contribution is 2.48. The second kappa shape index (κ2) is 6.88. The predicted molar refractivity (Wildman–Crippen MR) is 75.5 cm³/mol. The first-order chi connectivity index (χ1) is 8.69. The van der Waals surface area contributed by atoms with Crippen LogP contribution < -0.4 is 5.73 Å². The lowest BCUT2D eigenvalue weighted by molar-refractivity contribution is 0.181. The van der Waals surface area contributed by atoms with Crippen LogP contribution in [0.25, 0.3) is 0 Å². The Labute approximate surface area is 112 Å². The largest absolute Gasteiger partial charge is 0.385 e. The van der Waals surface area contributed by atoms with Gasteiger partial charge in [-0.3, -0.25) is 0 Å². The first kappa shape index (κ1) is 14.3. The van der Waals surface area contributed by atoms with E-state index in [0.717, 1.165) is 43.7 Å². The van der Waals surface area contributed by atoms with E-state index in [1.54, 1.807) is 7.11 Å². The lowest BCUT2D eigenvalue weighted by atomic mass is 9.88. The number of fused-ring (bicyclic) bond motifs is 2. The van der Waals surface area contributed by atoms with E-state index in [0.29, 0.717) is 6.04 Å². The fraction of sp³-hybridized carbons (Fsp3) is 1.00. The molecule has 4 atom stereocenters. The van der Waals surface area contributed by atoms with Gasteiger partial charge in [0.15, 0.2) is 0 Å².